The molecule has 0 bridgehead atoms. The second-order valence-corrected chi connectivity index (χ2v) is 7.55. The van der Waals surface area contributed by atoms with Crippen LogP contribution in [0.5, 0.6) is 0 Å². The first kappa shape index (κ1) is 20.0. The number of carbonyl (C=O) groups excluding carboxylic acids is 3. The molecule has 154 valence electrons. The van der Waals surface area contributed by atoms with E-state index in [9.17, 15) is 14.4 Å². The van der Waals surface area contributed by atoms with Crippen LogP contribution in [0.1, 0.15) is 35.7 Å². The molecule has 2 amide bonds. The molecule has 1 fully saturated rings. The van der Waals surface area contributed by atoms with Crippen molar-refractivity contribution in [2.75, 3.05) is 24.6 Å². The Hall–Kier alpha value is -3.25. The first-order valence-corrected chi connectivity index (χ1v) is 10.3. The maximum atomic E-state index is 13.1. The molecule has 2 aliphatic rings. The number of amides is 2. The van der Waals surface area contributed by atoms with Crippen LogP contribution in [-0.4, -0.2) is 43.5 Å². The third kappa shape index (κ3) is 3.91. The van der Waals surface area contributed by atoms with Gasteiger partial charge in [-0.15, -0.1) is 0 Å². The number of anilines is 1. The summed E-state index contributed by atoms with van der Waals surface area (Å²) in [4.78, 5) is 39.9. The molecule has 0 aliphatic carbocycles. The van der Waals surface area contributed by atoms with Gasteiger partial charge in [0.15, 0.2) is 6.04 Å². The van der Waals surface area contributed by atoms with Crippen molar-refractivity contribution in [1.82, 2.24) is 0 Å². The lowest BCUT2D eigenvalue weighted by atomic mass is 9.98. The molecule has 6 nitrogen and oxygen atoms in total. The van der Waals surface area contributed by atoms with Crippen LogP contribution >= 0.6 is 0 Å². The number of nitrogens with one attached hydrogen (secondary N) is 1. The summed E-state index contributed by atoms with van der Waals surface area (Å²) in [6.07, 6.45) is 3.27. The van der Waals surface area contributed by atoms with E-state index < -0.39 is 5.97 Å². The van der Waals surface area contributed by atoms with Gasteiger partial charge >= 0.3 is 5.97 Å². The van der Waals surface area contributed by atoms with Gasteiger partial charge in [0.2, 0.25) is 5.91 Å². The third-order valence-electron chi connectivity index (χ3n) is 5.75. The highest BCUT2D eigenvalue weighted by atomic mass is 16.5. The molecule has 2 aromatic carbocycles. The Bertz CT molecular complexity index is 982. The second-order valence-electron chi connectivity index (χ2n) is 7.55. The van der Waals surface area contributed by atoms with Gasteiger partial charge in [0.1, 0.15) is 0 Å². The largest absolute Gasteiger partial charge is 0.462 e. The van der Waals surface area contributed by atoms with Crippen molar-refractivity contribution >= 4 is 29.0 Å². The van der Waals surface area contributed by atoms with Crippen molar-refractivity contribution in [2.45, 2.75) is 25.8 Å². The van der Waals surface area contributed by atoms with Crippen LogP contribution in [0.4, 0.5) is 5.69 Å². The molecule has 1 N–H and O–H groups in total. The molecule has 4 rings (SSSR count). The van der Waals surface area contributed by atoms with Gasteiger partial charge in [-0.1, -0.05) is 30.3 Å². The van der Waals surface area contributed by atoms with Crippen LogP contribution in [-0.2, 0) is 14.3 Å². The number of quaternary nitrogens is 1. The second kappa shape index (κ2) is 8.63. The van der Waals surface area contributed by atoms with Gasteiger partial charge in [0, 0.05) is 6.42 Å². The molecule has 30 heavy (non-hydrogen) atoms. The fourth-order valence-corrected chi connectivity index (χ4v) is 4.17. The number of benzene rings is 2. The summed E-state index contributed by atoms with van der Waals surface area (Å²) < 4.78 is 4.98. The van der Waals surface area contributed by atoms with Crippen molar-refractivity contribution in [2.24, 2.45) is 0 Å². The minimum atomic E-state index is -0.417. The molecule has 2 heterocycles. The predicted octanol–water partition coefficient (Wildman–Crippen LogP) is 1.87. The highest BCUT2D eigenvalue weighted by Gasteiger charge is 2.45. The Morgan fingerprint density at radius 1 is 1.10 bits per heavy atom. The van der Waals surface area contributed by atoms with E-state index in [0.29, 0.717) is 17.9 Å². The van der Waals surface area contributed by atoms with Gasteiger partial charge in [0.05, 0.1) is 37.4 Å². The van der Waals surface area contributed by atoms with E-state index in [2.05, 4.69) is 18.2 Å². The molecule has 0 radical (unpaired) electrons. The van der Waals surface area contributed by atoms with Gasteiger partial charge in [-0.25, -0.2) is 9.69 Å². The van der Waals surface area contributed by atoms with Gasteiger partial charge < -0.3 is 9.64 Å². The molecule has 0 saturated carbocycles. The zero-order chi connectivity index (χ0) is 21.1. The average molecular weight is 405 g/mol. The molecule has 1 saturated heterocycles. The fourth-order valence-electron chi connectivity index (χ4n) is 4.17. The van der Waals surface area contributed by atoms with E-state index in [1.165, 1.54) is 16.0 Å². The van der Waals surface area contributed by atoms with Crippen LogP contribution in [0.15, 0.2) is 60.7 Å². The molecule has 0 aromatic heterocycles. The van der Waals surface area contributed by atoms with Crippen molar-refractivity contribution in [3.63, 3.8) is 0 Å². The van der Waals surface area contributed by atoms with E-state index in [1.807, 2.05) is 18.2 Å². The fraction of sp³-hybridized carbons (Fsp3) is 0.292. The number of hydrogen-bond acceptors (Lipinski definition) is 4. The summed E-state index contributed by atoms with van der Waals surface area (Å²) in [7, 11) is 0. The van der Waals surface area contributed by atoms with E-state index in [4.69, 9.17) is 4.74 Å². The number of imide groups is 1. The molecular weight excluding hydrogens is 380 g/mol. The smallest absolute Gasteiger partial charge is 0.338 e. The van der Waals surface area contributed by atoms with Gasteiger partial charge in [0.25, 0.3) is 5.91 Å². The summed E-state index contributed by atoms with van der Waals surface area (Å²) in [5, 5.41) is 0. The van der Waals surface area contributed by atoms with Crippen molar-refractivity contribution < 1.29 is 24.0 Å². The number of nitrogens with zero attached hydrogens (tertiary/aromatic N) is 1. The molecule has 6 heteroatoms. The average Bonchev–Trinajstić information content (AvgIpc) is 3.08. The quantitative estimate of drug-likeness (QED) is 0.609. The summed E-state index contributed by atoms with van der Waals surface area (Å²) in [6, 6.07) is 16.3. The Morgan fingerprint density at radius 3 is 2.47 bits per heavy atom. The lowest BCUT2D eigenvalue weighted by Crippen LogP contribution is -3.17. The Morgan fingerprint density at radius 2 is 1.83 bits per heavy atom. The van der Waals surface area contributed by atoms with Crippen LogP contribution in [0.3, 0.4) is 0 Å². The highest BCUT2D eigenvalue weighted by Crippen LogP contribution is 2.24. The first-order valence-electron chi connectivity index (χ1n) is 10.3. The van der Waals surface area contributed by atoms with E-state index in [1.54, 1.807) is 31.2 Å². The SMILES string of the molecule is CCOC(=O)c1ccc(N2C(=O)C[C@H]([NH+]3CC=C(c4ccccc4)CC3)C2=O)cc1. The minimum Gasteiger partial charge on any atom is -0.462 e. The zero-order valence-electron chi connectivity index (χ0n) is 17.0. The normalized spacial score (nSPS) is 21.5. The van der Waals surface area contributed by atoms with Gasteiger partial charge in [-0.05, 0) is 48.4 Å². The van der Waals surface area contributed by atoms with E-state index >= 15 is 0 Å². The lowest BCUT2D eigenvalue weighted by Gasteiger charge is -2.27. The number of carbonyl (C=O) groups is 3. The van der Waals surface area contributed by atoms with Crippen LogP contribution in [0.25, 0.3) is 5.57 Å². The monoisotopic (exact) mass is 405 g/mol. The Balaban J connectivity index is 1.46. The Labute approximate surface area is 175 Å². The topological polar surface area (TPSA) is 68.1 Å². The van der Waals surface area contributed by atoms with E-state index in [0.717, 1.165) is 24.4 Å². The number of ether oxygens (including phenoxy) is 1. The third-order valence-corrected chi connectivity index (χ3v) is 5.75. The lowest BCUT2D eigenvalue weighted by molar-refractivity contribution is -0.909. The zero-order valence-corrected chi connectivity index (χ0v) is 17.0. The summed E-state index contributed by atoms with van der Waals surface area (Å²) in [6.45, 7) is 3.59. The molecule has 2 atom stereocenters. The summed E-state index contributed by atoms with van der Waals surface area (Å²) in [5.41, 5.74) is 3.41. The molecule has 1 unspecified atom stereocenters. The number of esters is 1. The van der Waals surface area contributed by atoms with Gasteiger partial charge in [-0.2, -0.15) is 0 Å². The number of rotatable bonds is 5. The van der Waals surface area contributed by atoms with Crippen LogP contribution in [0.2, 0.25) is 0 Å². The molecule has 0 spiro atoms. The van der Waals surface area contributed by atoms with Crippen LogP contribution < -0.4 is 9.80 Å². The molecular formula is C24H25N2O4+. The maximum absolute atomic E-state index is 13.1. The van der Waals surface area contributed by atoms with Crippen molar-refractivity contribution in [3.8, 4) is 0 Å². The van der Waals surface area contributed by atoms with Crippen molar-refractivity contribution in [1.29, 1.82) is 0 Å². The summed E-state index contributed by atoms with van der Waals surface area (Å²) >= 11 is 0. The molecule has 2 aliphatic heterocycles. The van der Waals surface area contributed by atoms with Crippen LogP contribution in [0, 0.1) is 0 Å². The standard InChI is InChI=1S/C24H24N2O4/c1-2-30-24(29)19-8-10-20(11-9-19)26-22(27)16-21(23(26)28)25-14-12-18(13-15-25)17-6-4-3-5-7-17/h3-12,21H,2,13-16H2,1H3/p+1/t21-/m0/s1. The van der Waals surface area contributed by atoms with E-state index in [-0.39, 0.29) is 24.3 Å². The molecule has 2 aromatic rings. The van der Waals surface area contributed by atoms with Gasteiger partial charge in [-0.3, -0.25) is 9.59 Å². The predicted molar refractivity (Wildman–Crippen MR) is 113 cm³/mol. The Kier molecular flexibility index (Phi) is 5.77. The maximum Gasteiger partial charge on any atom is 0.338 e. The number of hydrogen-bond donors (Lipinski definition) is 1. The minimum absolute atomic E-state index is 0.171. The van der Waals surface area contributed by atoms with Crippen molar-refractivity contribution in [3.05, 3.63) is 71.8 Å². The first-order chi connectivity index (χ1) is 14.6. The summed E-state index contributed by atoms with van der Waals surface area (Å²) in [5.74, 6) is -0.783. The highest BCUT2D eigenvalue weighted by molar-refractivity contribution is 6.22.